The monoisotopic (exact) mass is 98.0 g/mol. The molecule has 0 saturated heterocycles. The van der Waals surface area contributed by atoms with E-state index in [1.807, 2.05) is 0 Å². The van der Waals surface area contributed by atoms with Gasteiger partial charge in [0, 0.05) is 13.3 Å². The lowest BCUT2D eigenvalue weighted by molar-refractivity contribution is -0.133. The molecule has 7 heavy (non-hydrogen) atoms. The van der Waals surface area contributed by atoms with Crippen molar-refractivity contribution in [2.45, 2.75) is 6.92 Å². The van der Waals surface area contributed by atoms with Crippen LogP contribution in [-0.4, -0.2) is 11.6 Å². The Morgan fingerprint density at radius 2 is 2.00 bits per heavy atom. The molecule has 0 spiro atoms. The van der Waals surface area contributed by atoms with Gasteiger partial charge in [-0.15, -0.1) is 0 Å². The van der Waals surface area contributed by atoms with Crippen molar-refractivity contribution >= 4 is 11.6 Å². The summed E-state index contributed by atoms with van der Waals surface area (Å²) in [4.78, 5) is 20.0. The van der Waals surface area contributed by atoms with Crippen LogP contribution in [0.3, 0.4) is 0 Å². The largest absolute Gasteiger partial charge is 0.291 e. The predicted molar refractivity (Wildman–Crippen MR) is 25.3 cm³/mol. The van der Waals surface area contributed by atoms with Crippen molar-refractivity contribution in [3.63, 3.8) is 0 Å². The molecule has 0 bridgehead atoms. The Hall–Kier alpha value is -0.660. The van der Waals surface area contributed by atoms with Gasteiger partial charge in [-0.05, 0) is 6.92 Å². The Balaban J connectivity index is 3.58. The summed E-state index contributed by atoms with van der Waals surface area (Å²) in [5.74, 6) is -0.991. The summed E-state index contributed by atoms with van der Waals surface area (Å²) in [6.07, 6.45) is 1.00. The average molecular weight is 98.1 g/mol. The quantitative estimate of drug-likeness (QED) is 0.462. The molecule has 0 unspecified atom stereocenters. The Kier molecular flexibility index (Phi) is 2.27. The molecule has 2 heteroatoms. The number of hydrogen-bond acceptors (Lipinski definition) is 2. The predicted octanol–water partition coefficient (Wildman–Crippen LogP) is 0.183. The summed E-state index contributed by atoms with van der Waals surface area (Å²) < 4.78 is 0. The van der Waals surface area contributed by atoms with Gasteiger partial charge in [0.05, 0.1) is 0 Å². The number of rotatable bonds is 2. The van der Waals surface area contributed by atoms with Gasteiger partial charge >= 0.3 is 0 Å². The third-order valence-corrected chi connectivity index (χ3v) is 0.532. The Morgan fingerprint density at radius 1 is 1.57 bits per heavy atom. The molecule has 0 amide bonds. The molecule has 2 nitrogen and oxygen atoms in total. The molecule has 0 saturated carbocycles. The molecule has 0 atom stereocenters. The van der Waals surface area contributed by atoms with E-state index in [1.165, 1.54) is 6.92 Å². The van der Waals surface area contributed by atoms with Gasteiger partial charge < -0.3 is 0 Å². The van der Waals surface area contributed by atoms with Crippen molar-refractivity contribution in [2.24, 2.45) is 0 Å². The Morgan fingerprint density at radius 3 is 2.00 bits per heavy atom. The fourth-order valence-corrected chi connectivity index (χ4v) is 0.144. The molecular formula is C5H6O2. The molecule has 0 aliphatic heterocycles. The van der Waals surface area contributed by atoms with Gasteiger partial charge in [-0.3, -0.25) is 9.59 Å². The standard InChI is InChI=1S/C5H6O2/c1-3-5(7)4(2)6/h3H,1H2,2H3. The number of carbonyl (C=O) groups is 2. The van der Waals surface area contributed by atoms with Crippen LogP contribution in [0.1, 0.15) is 6.92 Å². The maximum atomic E-state index is 10.0. The van der Waals surface area contributed by atoms with Crippen molar-refractivity contribution < 1.29 is 9.59 Å². The highest BCUT2D eigenvalue weighted by atomic mass is 16.2. The first kappa shape index (κ1) is 6.34. The summed E-state index contributed by atoms with van der Waals surface area (Å²) in [6, 6.07) is 0. The molecule has 0 aromatic rings. The number of hydrogen-bond donors (Lipinski definition) is 0. The lowest BCUT2D eigenvalue weighted by Gasteiger charge is -1.81. The Bertz CT molecular complexity index is 94.3. The van der Waals surface area contributed by atoms with E-state index in [0.717, 1.165) is 6.42 Å². The minimum absolute atomic E-state index is 0.463. The van der Waals surface area contributed by atoms with Crippen LogP contribution in [-0.2, 0) is 9.59 Å². The lowest BCUT2D eigenvalue weighted by atomic mass is 10.2. The van der Waals surface area contributed by atoms with Gasteiger partial charge in [0.2, 0.25) is 5.78 Å². The second-order valence-electron chi connectivity index (χ2n) is 1.12. The van der Waals surface area contributed by atoms with Crippen molar-refractivity contribution in [1.29, 1.82) is 0 Å². The van der Waals surface area contributed by atoms with Crippen molar-refractivity contribution in [3.05, 3.63) is 13.3 Å². The molecular weight excluding hydrogens is 92.1 g/mol. The first-order chi connectivity index (χ1) is 3.18. The second-order valence-corrected chi connectivity index (χ2v) is 1.12. The van der Waals surface area contributed by atoms with Gasteiger partial charge in [-0.2, -0.15) is 0 Å². The average Bonchev–Trinajstić information content (AvgIpc) is 1.65. The molecule has 0 N–H and O–H groups in total. The number of Topliss-reactive ketones (excluding diaryl/α,β-unsaturated/α-hetero) is 2. The molecule has 0 fully saturated rings. The summed E-state index contributed by atoms with van der Waals surface area (Å²) in [5.41, 5.74) is 0. The van der Waals surface area contributed by atoms with E-state index < -0.39 is 11.6 Å². The maximum absolute atomic E-state index is 10.0. The molecule has 0 aromatic carbocycles. The third kappa shape index (κ3) is 2.09. The molecule has 0 aromatic heterocycles. The summed E-state index contributed by atoms with van der Waals surface area (Å²) in [7, 11) is 0. The van der Waals surface area contributed by atoms with Crippen LogP contribution in [0.2, 0.25) is 0 Å². The Labute approximate surface area is 42.5 Å². The van der Waals surface area contributed by atoms with E-state index in [9.17, 15) is 9.59 Å². The maximum Gasteiger partial charge on any atom is 0.201 e. The van der Waals surface area contributed by atoms with Crippen LogP contribution in [0, 0.1) is 13.3 Å². The van der Waals surface area contributed by atoms with E-state index in [4.69, 9.17) is 0 Å². The van der Waals surface area contributed by atoms with E-state index in [2.05, 4.69) is 6.92 Å². The summed E-state index contributed by atoms with van der Waals surface area (Å²) in [6.45, 7) is 4.32. The van der Waals surface area contributed by atoms with Crippen molar-refractivity contribution in [3.8, 4) is 0 Å². The smallest absolute Gasteiger partial charge is 0.201 e. The fourth-order valence-electron chi connectivity index (χ4n) is 0.144. The van der Waals surface area contributed by atoms with Crippen LogP contribution >= 0.6 is 0 Å². The lowest BCUT2D eigenvalue weighted by Crippen LogP contribution is -2.06. The molecule has 0 rings (SSSR count). The topological polar surface area (TPSA) is 34.1 Å². The molecule has 2 radical (unpaired) electrons. The summed E-state index contributed by atoms with van der Waals surface area (Å²) >= 11 is 0. The minimum atomic E-state index is -0.528. The highest BCUT2D eigenvalue weighted by molar-refractivity contribution is 6.39. The van der Waals surface area contributed by atoms with Crippen molar-refractivity contribution in [1.82, 2.24) is 0 Å². The highest BCUT2D eigenvalue weighted by Crippen LogP contribution is 1.77. The zero-order valence-electron chi connectivity index (χ0n) is 4.10. The second kappa shape index (κ2) is 2.50. The third-order valence-electron chi connectivity index (χ3n) is 0.532. The zero-order valence-corrected chi connectivity index (χ0v) is 4.10. The molecule has 38 valence electrons. The minimum Gasteiger partial charge on any atom is -0.291 e. The van der Waals surface area contributed by atoms with Gasteiger partial charge in [-0.1, -0.05) is 0 Å². The van der Waals surface area contributed by atoms with Gasteiger partial charge in [0.15, 0.2) is 5.78 Å². The van der Waals surface area contributed by atoms with Crippen LogP contribution in [0.25, 0.3) is 0 Å². The molecule has 0 aliphatic rings. The summed E-state index contributed by atoms with van der Waals surface area (Å²) in [5, 5.41) is 0. The van der Waals surface area contributed by atoms with E-state index >= 15 is 0 Å². The highest BCUT2D eigenvalue weighted by Gasteiger charge is 2.01. The SMILES string of the molecule is [CH2][CH]C(=O)C(C)=O. The zero-order chi connectivity index (χ0) is 5.86. The number of carbonyl (C=O) groups excluding carboxylic acids is 2. The van der Waals surface area contributed by atoms with Crippen LogP contribution in [0.4, 0.5) is 0 Å². The van der Waals surface area contributed by atoms with Gasteiger partial charge in [-0.25, -0.2) is 0 Å². The van der Waals surface area contributed by atoms with Gasteiger partial charge in [0.25, 0.3) is 0 Å². The van der Waals surface area contributed by atoms with E-state index in [1.54, 1.807) is 0 Å². The van der Waals surface area contributed by atoms with Crippen LogP contribution in [0.15, 0.2) is 0 Å². The van der Waals surface area contributed by atoms with Gasteiger partial charge in [0.1, 0.15) is 0 Å². The fraction of sp³-hybridized carbons (Fsp3) is 0.200. The molecule has 0 heterocycles. The van der Waals surface area contributed by atoms with Crippen molar-refractivity contribution in [2.75, 3.05) is 0 Å². The molecule has 0 aliphatic carbocycles. The first-order valence-corrected chi connectivity index (χ1v) is 1.86. The van der Waals surface area contributed by atoms with E-state index in [0.29, 0.717) is 0 Å². The number of ketones is 2. The van der Waals surface area contributed by atoms with E-state index in [-0.39, 0.29) is 0 Å². The van der Waals surface area contributed by atoms with Crippen LogP contribution in [0.5, 0.6) is 0 Å². The normalized spacial score (nSPS) is 8.29. The first-order valence-electron chi connectivity index (χ1n) is 1.86. The van der Waals surface area contributed by atoms with Crippen LogP contribution < -0.4 is 0 Å².